The molecule has 2 rings (SSSR count). The van der Waals surface area contributed by atoms with Crippen molar-refractivity contribution in [3.63, 3.8) is 0 Å². The van der Waals surface area contributed by atoms with Gasteiger partial charge in [0.25, 0.3) is 10.0 Å². The fraction of sp³-hybridized carbons (Fsp3) is 0.111. The Balaban J connectivity index is 2.17. The predicted molar refractivity (Wildman–Crippen MR) is 61.3 cm³/mol. The fourth-order valence-corrected chi connectivity index (χ4v) is 2.31. The van der Waals surface area contributed by atoms with Crippen molar-refractivity contribution in [1.29, 1.82) is 0 Å². The van der Waals surface area contributed by atoms with Crippen LogP contribution >= 0.6 is 0 Å². The minimum Gasteiger partial charge on any atom is -0.396 e. The zero-order valence-corrected chi connectivity index (χ0v) is 9.61. The standard InChI is InChI=1S/C9H11N5O2S/c10-8-2-1-3-12-9(8)17(15,16)14-5-7-4-11-6-13-7/h1-4,6,14H,5,10H2,(H,11,13). The molecule has 0 aliphatic rings. The average molecular weight is 253 g/mol. The van der Waals surface area contributed by atoms with E-state index in [-0.39, 0.29) is 17.3 Å². The second kappa shape index (κ2) is 4.52. The minimum atomic E-state index is -3.70. The van der Waals surface area contributed by atoms with E-state index in [2.05, 4.69) is 19.7 Å². The van der Waals surface area contributed by atoms with Crippen molar-refractivity contribution < 1.29 is 8.42 Å². The van der Waals surface area contributed by atoms with Crippen LogP contribution in [-0.4, -0.2) is 23.4 Å². The highest BCUT2D eigenvalue weighted by atomic mass is 32.2. The molecule has 4 N–H and O–H groups in total. The van der Waals surface area contributed by atoms with Crippen LogP contribution in [-0.2, 0) is 16.6 Å². The number of hydrogen-bond donors (Lipinski definition) is 3. The van der Waals surface area contributed by atoms with E-state index in [9.17, 15) is 8.42 Å². The van der Waals surface area contributed by atoms with Crippen molar-refractivity contribution in [2.45, 2.75) is 11.6 Å². The van der Waals surface area contributed by atoms with Gasteiger partial charge in [0.2, 0.25) is 0 Å². The molecule has 0 radical (unpaired) electrons. The van der Waals surface area contributed by atoms with Crippen molar-refractivity contribution in [3.05, 3.63) is 36.5 Å². The number of sulfonamides is 1. The zero-order chi connectivity index (χ0) is 12.3. The molecule has 0 saturated carbocycles. The van der Waals surface area contributed by atoms with E-state index in [0.717, 1.165) is 0 Å². The molecule has 0 aliphatic heterocycles. The van der Waals surface area contributed by atoms with Gasteiger partial charge in [-0.3, -0.25) is 0 Å². The molecule has 0 spiro atoms. The van der Waals surface area contributed by atoms with Gasteiger partial charge < -0.3 is 10.7 Å². The number of pyridine rings is 1. The summed E-state index contributed by atoms with van der Waals surface area (Å²) in [5.41, 5.74) is 6.32. The summed E-state index contributed by atoms with van der Waals surface area (Å²) in [6.07, 6.45) is 4.38. The topological polar surface area (TPSA) is 114 Å². The van der Waals surface area contributed by atoms with Gasteiger partial charge in [0.1, 0.15) is 0 Å². The Hall–Kier alpha value is -1.93. The summed E-state index contributed by atoms with van der Waals surface area (Å²) in [5.74, 6) is 0. The Bertz CT molecular complexity index is 594. The first-order chi connectivity index (χ1) is 8.09. The summed E-state index contributed by atoms with van der Waals surface area (Å²) in [7, 11) is -3.70. The molecule has 0 aromatic carbocycles. The number of nitrogens with two attached hydrogens (primary N) is 1. The van der Waals surface area contributed by atoms with Crippen molar-refractivity contribution in [3.8, 4) is 0 Å². The molecule has 17 heavy (non-hydrogen) atoms. The molecule has 0 unspecified atom stereocenters. The summed E-state index contributed by atoms with van der Waals surface area (Å²) in [4.78, 5) is 10.3. The monoisotopic (exact) mass is 253 g/mol. The summed E-state index contributed by atoms with van der Waals surface area (Å²) in [6.45, 7) is 0.109. The highest BCUT2D eigenvalue weighted by molar-refractivity contribution is 7.89. The van der Waals surface area contributed by atoms with Crippen molar-refractivity contribution >= 4 is 15.7 Å². The second-order valence-corrected chi connectivity index (χ2v) is 4.98. The molecule has 0 fully saturated rings. The Morgan fingerprint density at radius 3 is 2.94 bits per heavy atom. The molecular formula is C9H11N5O2S. The van der Waals surface area contributed by atoms with E-state index in [4.69, 9.17) is 5.73 Å². The lowest BCUT2D eigenvalue weighted by Crippen LogP contribution is -2.25. The molecule has 0 aliphatic carbocycles. The van der Waals surface area contributed by atoms with Crippen LogP contribution in [0.4, 0.5) is 5.69 Å². The predicted octanol–water partition coefficient (Wildman–Crippen LogP) is -0.135. The van der Waals surface area contributed by atoms with Gasteiger partial charge in [0, 0.05) is 18.1 Å². The number of nitrogens with one attached hydrogen (secondary N) is 2. The van der Waals surface area contributed by atoms with Gasteiger partial charge in [-0.25, -0.2) is 23.1 Å². The largest absolute Gasteiger partial charge is 0.396 e. The van der Waals surface area contributed by atoms with Crippen LogP contribution in [0.2, 0.25) is 0 Å². The number of H-pyrrole nitrogens is 1. The number of nitrogens with zero attached hydrogens (tertiary/aromatic N) is 2. The van der Waals surface area contributed by atoms with Crippen molar-refractivity contribution in [2.75, 3.05) is 5.73 Å². The van der Waals surface area contributed by atoms with Gasteiger partial charge in [0.15, 0.2) is 5.03 Å². The fourth-order valence-electron chi connectivity index (χ4n) is 1.25. The molecule has 2 heterocycles. The first-order valence-electron chi connectivity index (χ1n) is 4.77. The van der Waals surface area contributed by atoms with E-state index in [1.165, 1.54) is 24.8 Å². The van der Waals surface area contributed by atoms with Gasteiger partial charge in [-0.15, -0.1) is 0 Å². The Morgan fingerprint density at radius 2 is 2.29 bits per heavy atom. The quantitative estimate of drug-likeness (QED) is 0.702. The Kier molecular flexibility index (Phi) is 3.07. The van der Waals surface area contributed by atoms with Crippen LogP contribution in [0.1, 0.15) is 5.69 Å². The van der Waals surface area contributed by atoms with E-state index in [1.807, 2.05) is 0 Å². The first kappa shape index (κ1) is 11.6. The lowest BCUT2D eigenvalue weighted by atomic mass is 10.4. The van der Waals surface area contributed by atoms with E-state index < -0.39 is 10.0 Å². The van der Waals surface area contributed by atoms with Gasteiger partial charge in [-0.1, -0.05) is 0 Å². The maximum atomic E-state index is 11.9. The van der Waals surface area contributed by atoms with Crippen LogP contribution in [0.25, 0.3) is 0 Å². The highest BCUT2D eigenvalue weighted by Gasteiger charge is 2.18. The summed E-state index contributed by atoms with van der Waals surface area (Å²) in [5, 5.41) is -0.167. The molecule has 0 bridgehead atoms. The Morgan fingerprint density at radius 1 is 1.47 bits per heavy atom. The number of rotatable bonds is 4. The van der Waals surface area contributed by atoms with Crippen molar-refractivity contribution in [1.82, 2.24) is 19.7 Å². The third kappa shape index (κ3) is 2.60. The molecule has 0 saturated heterocycles. The lowest BCUT2D eigenvalue weighted by Gasteiger charge is -2.06. The van der Waals surface area contributed by atoms with Crippen LogP contribution in [0.15, 0.2) is 35.9 Å². The molecule has 90 valence electrons. The van der Waals surface area contributed by atoms with E-state index in [1.54, 1.807) is 6.07 Å². The number of aromatic amines is 1. The molecule has 0 amide bonds. The summed E-state index contributed by atoms with van der Waals surface area (Å²) < 4.78 is 26.1. The summed E-state index contributed by atoms with van der Waals surface area (Å²) in [6, 6.07) is 3.06. The normalized spacial score (nSPS) is 11.5. The molecule has 0 atom stereocenters. The number of anilines is 1. The first-order valence-corrected chi connectivity index (χ1v) is 6.25. The van der Waals surface area contributed by atoms with E-state index >= 15 is 0 Å². The smallest absolute Gasteiger partial charge is 0.260 e. The maximum Gasteiger partial charge on any atom is 0.260 e. The number of aromatic nitrogens is 3. The van der Waals surface area contributed by atoms with Crippen LogP contribution < -0.4 is 10.5 Å². The number of hydrogen-bond acceptors (Lipinski definition) is 5. The third-order valence-electron chi connectivity index (χ3n) is 2.06. The Labute approximate surface area is 98.2 Å². The van der Waals surface area contributed by atoms with E-state index in [0.29, 0.717) is 5.69 Å². The van der Waals surface area contributed by atoms with Crippen molar-refractivity contribution in [2.24, 2.45) is 0 Å². The SMILES string of the molecule is Nc1cccnc1S(=O)(=O)NCc1cnc[nH]1. The maximum absolute atomic E-state index is 11.9. The molecule has 2 aromatic heterocycles. The highest BCUT2D eigenvalue weighted by Crippen LogP contribution is 2.13. The molecule has 2 aromatic rings. The lowest BCUT2D eigenvalue weighted by molar-refractivity contribution is 0.577. The number of imidazole rings is 1. The average Bonchev–Trinajstić information content (AvgIpc) is 2.80. The van der Waals surface area contributed by atoms with Gasteiger partial charge in [-0.2, -0.15) is 0 Å². The second-order valence-electron chi connectivity index (χ2n) is 3.30. The summed E-state index contributed by atoms with van der Waals surface area (Å²) >= 11 is 0. The molecular weight excluding hydrogens is 242 g/mol. The number of nitrogen functional groups attached to an aromatic ring is 1. The van der Waals surface area contributed by atoms with Gasteiger partial charge in [0.05, 0.1) is 18.6 Å². The van der Waals surface area contributed by atoms with Gasteiger partial charge in [-0.05, 0) is 12.1 Å². The zero-order valence-electron chi connectivity index (χ0n) is 8.79. The van der Waals surface area contributed by atoms with Crippen LogP contribution in [0, 0.1) is 0 Å². The molecule has 8 heteroatoms. The van der Waals surface area contributed by atoms with Crippen LogP contribution in [0.3, 0.4) is 0 Å². The third-order valence-corrected chi connectivity index (χ3v) is 3.44. The van der Waals surface area contributed by atoms with Gasteiger partial charge >= 0.3 is 0 Å². The minimum absolute atomic E-state index is 0.109. The van der Waals surface area contributed by atoms with Crippen LogP contribution in [0.5, 0.6) is 0 Å². The molecule has 7 nitrogen and oxygen atoms in total.